The summed E-state index contributed by atoms with van der Waals surface area (Å²) in [6.07, 6.45) is 2.65. The van der Waals surface area contributed by atoms with E-state index in [2.05, 4.69) is 47.9 Å². The first-order valence-corrected chi connectivity index (χ1v) is 8.84. The minimum absolute atomic E-state index is 0.272. The molecule has 25 heavy (non-hydrogen) atoms. The molecule has 4 heteroatoms. The smallest absolute Gasteiger partial charge is 0.166 e. The van der Waals surface area contributed by atoms with Crippen LogP contribution in [0, 0.1) is 0 Å². The highest BCUT2D eigenvalue weighted by Gasteiger charge is 2.22. The van der Waals surface area contributed by atoms with Gasteiger partial charge in [-0.3, -0.25) is 0 Å². The molecule has 0 spiro atoms. The highest BCUT2D eigenvalue weighted by molar-refractivity contribution is 5.49. The van der Waals surface area contributed by atoms with Gasteiger partial charge in [0.25, 0.3) is 0 Å². The van der Waals surface area contributed by atoms with E-state index in [4.69, 9.17) is 4.74 Å². The summed E-state index contributed by atoms with van der Waals surface area (Å²) in [5, 5.41) is 10.5. The molecule has 1 fully saturated rings. The first-order valence-electron chi connectivity index (χ1n) is 8.84. The fourth-order valence-corrected chi connectivity index (χ4v) is 3.47. The molecular formula is C21H27N2O2+. The Morgan fingerprint density at radius 2 is 1.92 bits per heavy atom. The second kappa shape index (κ2) is 8.08. The van der Waals surface area contributed by atoms with Crippen LogP contribution in [0.3, 0.4) is 0 Å². The predicted octanol–water partition coefficient (Wildman–Crippen LogP) is 2.03. The number of allylic oxidation sites excluding steroid dienone is 1. The van der Waals surface area contributed by atoms with Crippen LogP contribution in [0.1, 0.15) is 11.1 Å². The van der Waals surface area contributed by atoms with Crippen molar-refractivity contribution in [2.45, 2.75) is 13.0 Å². The number of phenolic OH excluding ortho intramolecular Hbond substituents is 1. The van der Waals surface area contributed by atoms with Crippen molar-refractivity contribution in [3.05, 3.63) is 66.2 Å². The zero-order chi connectivity index (χ0) is 17.6. The lowest BCUT2D eigenvalue weighted by Crippen LogP contribution is -3.13. The van der Waals surface area contributed by atoms with Crippen LogP contribution in [-0.2, 0) is 13.0 Å². The van der Waals surface area contributed by atoms with Crippen LogP contribution < -0.4 is 14.5 Å². The highest BCUT2D eigenvalue weighted by atomic mass is 16.5. The number of nitrogens with one attached hydrogen (secondary N) is 1. The Morgan fingerprint density at radius 1 is 1.20 bits per heavy atom. The minimum atomic E-state index is 0.272. The Labute approximate surface area is 150 Å². The molecule has 0 amide bonds. The van der Waals surface area contributed by atoms with Gasteiger partial charge in [0.15, 0.2) is 11.5 Å². The fourth-order valence-electron chi connectivity index (χ4n) is 3.47. The van der Waals surface area contributed by atoms with E-state index in [0.717, 1.165) is 50.3 Å². The van der Waals surface area contributed by atoms with Crippen molar-refractivity contribution in [3.63, 3.8) is 0 Å². The fraction of sp³-hybridized carbons (Fsp3) is 0.333. The van der Waals surface area contributed by atoms with Crippen molar-refractivity contribution in [2.24, 2.45) is 0 Å². The number of anilines is 1. The Balaban J connectivity index is 1.67. The van der Waals surface area contributed by atoms with Gasteiger partial charge in [0, 0.05) is 5.69 Å². The van der Waals surface area contributed by atoms with Crippen molar-refractivity contribution in [1.82, 2.24) is 0 Å². The molecule has 0 atom stereocenters. The number of ether oxygens (including phenoxy) is 1. The lowest BCUT2D eigenvalue weighted by molar-refractivity contribution is -0.914. The van der Waals surface area contributed by atoms with Crippen LogP contribution >= 0.6 is 0 Å². The topological polar surface area (TPSA) is 37.1 Å². The SMILES string of the molecule is C=CCc1cc(C[NH+]2CCN(c3ccccc3)CC2)c(O)c(OC)c1. The molecule has 1 aliphatic heterocycles. The molecule has 0 bridgehead atoms. The third-order valence-electron chi connectivity index (χ3n) is 4.85. The number of quaternary nitrogens is 1. The average Bonchev–Trinajstić information content (AvgIpc) is 2.66. The summed E-state index contributed by atoms with van der Waals surface area (Å²) >= 11 is 0. The van der Waals surface area contributed by atoms with Crippen LogP contribution in [0.15, 0.2) is 55.1 Å². The van der Waals surface area contributed by atoms with Crippen molar-refractivity contribution < 1.29 is 14.7 Å². The van der Waals surface area contributed by atoms with Gasteiger partial charge in [-0.05, 0) is 36.2 Å². The second-order valence-corrected chi connectivity index (χ2v) is 6.55. The zero-order valence-electron chi connectivity index (χ0n) is 14.9. The number of benzene rings is 2. The molecule has 1 saturated heterocycles. The van der Waals surface area contributed by atoms with Gasteiger partial charge in [-0.15, -0.1) is 6.58 Å². The van der Waals surface area contributed by atoms with Crippen LogP contribution in [0.5, 0.6) is 11.5 Å². The standard InChI is InChI=1S/C21H26N2O2/c1-3-7-17-14-18(21(24)20(15-17)25-2)16-22-10-12-23(13-11-22)19-8-5-4-6-9-19/h3-6,8-9,14-15,24H,1,7,10-13,16H2,2H3/p+1. The highest BCUT2D eigenvalue weighted by Crippen LogP contribution is 2.31. The van der Waals surface area contributed by atoms with Crippen molar-refractivity contribution in [1.29, 1.82) is 0 Å². The molecule has 132 valence electrons. The van der Waals surface area contributed by atoms with E-state index in [1.54, 1.807) is 7.11 Å². The van der Waals surface area contributed by atoms with E-state index in [-0.39, 0.29) is 5.75 Å². The summed E-state index contributed by atoms with van der Waals surface area (Å²) in [6, 6.07) is 14.5. The summed E-state index contributed by atoms with van der Waals surface area (Å²) in [5.41, 5.74) is 3.38. The molecule has 0 unspecified atom stereocenters. The van der Waals surface area contributed by atoms with E-state index in [1.165, 1.54) is 10.6 Å². The van der Waals surface area contributed by atoms with E-state index in [1.807, 2.05) is 12.1 Å². The van der Waals surface area contributed by atoms with Crippen LogP contribution in [0.2, 0.25) is 0 Å². The lowest BCUT2D eigenvalue weighted by Gasteiger charge is -2.33. The van der Waals surface area contributed by atoms with Gasteiger partial charge in [0.2, 0.25) is 0 Å². The molecule has 0 aromatic heterocycles. The Bertz CT molecular complexity index is 707. The van der Waals surface area contributed by atoms with Crippen molar-refractivity contribution in [3.8, 4) is 11.5 Å². The molecule has 1 aliphatic rings. The van der Waals surface area contributed by atoms with Crippen LogP contribution in [0.25, 0.3) is 0 Å². The third kappa shape index (κ3) is 4.15. The van der Waals surface area contributed by atoms with E-state index >= 15 is 0 Å². The van der Waals surface area contributed by atoms with E-state index < -0.39 is 0 Å². The summed E-state index contributed by atoms with van der Waals surface area (Å²) in [4.78, 5) is 3.92. The number of piperazine rings is 1. The lowest BCUT2D eigenvalue weighted by atomic mass is 10.0. The number of hydrogen-bond donors (Lipinski definition) is 2. The Morgan fingerprint density at radius 3 is 2.56 bits per heavy atom. The van der Waals surface area contributed by atoms with Gasteiger partial charge in [-0.2, -0.15) is 0 Å². The molecule has 0 saturated carbocycles. The number of para-hydroxylation sites is 1. The quantitative estimate of drug-likeness (QED) is 0.791. The zero-order valence-corrected chi connectivity index (χ0v) is 14.9. The van der Waals surface area contributed by atoms with Gasteiger partial charge in [0.05, 0.1) is 38.9 Å². The minimum Gasteiger partial charge on any atom is -0.504 e. The molecule has 2 aromatic carbocycles. The van der Waals surface area contributed by atoms with E-state index in [0.29, 0.717) is 5.75 Å². The van der Waals surface area contributed by atoms with Crippen molar-refractivity contribution in [2.75, 3.05) is 38.2 Å². The number of rotatable bonds is 6. The first-order chi connectivity index (χ1) is 12.2. The molecule has 4 nitrogen and oxygen atoms in total. The van der Waals surface area contributed by atoms with E-state index in [9.17, 15) is 5.11 Å². The molecule has 1 heterocycles. The molecule has 2 aromatic rings. The maximum Gasteiger partial charge on any atom is 0.166 e. The average molecular weight is 339 g/mol. The summed E-state index contributed by atoms with van der Waals surface area (Å²) in [6.45, 7) is 8.80. The van der Waals surface area contributed by atoms with Crippen molar-refractivity contribution >= 4 is 5.69 Å². The monoisotopic (exact) mass is 339 g/mol. The summed E-state index contributed by atoms with van der Waals surface area (Å²) in [5.74, 6) is 0.824. The summed E-state index contributed by atoms with van der Waals surface area (Å²) < 4.78 is 5.33. The molecule has 2 N–H and O–H groups in total. The number of hydrogen-bond acceptors (Lipinski definition) is 3. The largest absolute Gasteiger partial charge is 0.504 e. The predicted molar refractivity (Wildman–Crippen MR) is 102 cm³/mol. The van der Waals surface area contributed by atoms with Gasteiger partial charge in [-0.25, -0.2) is 0 Å². The number of nitrogens with zero attached hydrogens (tertiary/aromatic N) is 1. The van der Waals surface area contributed by atoms with Gasteiger partial charge < -0.3 is 19.6 Å². The Kier molecular flexibility index (Phi) is 5.61. The third-order valence-corrected chi connectivity index (χ3v) is 4.85. The number of phenols is 1. The number of methoxy groups -OCH3 is 1. The molecule has 3 rings (SSSR count). The molecular weight excluding hydrogens is 312 g/mol. The van der Waals surface area contributed by atoms with Crippen LogP contribution in [-0.4, -0.2) is 38.4 Å². The number of aromatic hydroxyl groups is 1. The molecule has 0 aliphatic carbocycles. The molecule has 0 radical (unpaired) electrons. The second-order valence-electron chi connectivity index (χ2n) is 6.55. The maximum atomic E-state index is 10.5. The maximum absolute atomic E-state index is 10.5. The van der Waals surface area contributed by atoms with Gasteiger partial charge in [0.1, 0.15) is 6.54 Å². The first kappa shape index (κ1) is 17.4. The summed E-state index contributed by atoms with van der Waals surface area (Å²) in [7, 11) is 1.60. The Hall–Kier alpha value is -2.46. The normalized spacial score (nSPS) is 15.2. The van der Waals surface area contributed by atoms with Crippen LogP contribution in [0.4, 0.5) is 5.69 Å². The van der Waals surface area contributed by atoms with Gasteiger partial charge in [-0.1, -0.05) is 24.3 Å². The van der Waals surface area contributed by atoms with Gasteiger partial charge >= 0.3 is 0 Å².